The van der Waals surface area contributed by atoms with E-state index in [2.05, 4.69) is 11.9 Å². The monoisotopic (exact) mass is 528 g/mol. The van der Waals surface area contributed by atoms with Crippen LogP contribution < -0.4 is 9.62 Å². The van der Waals surface area contributed by atoms with E-state index in [1.807, 2.05) is 0 Å². The van der Waals surface area contributed by atoms with Crippen molar-refractivity contribution in [3.63, 3.8) is 0 Å². The van der Waals surface area contributed by atoms with Crippen molar-refractivity contribution in [3.8, 4) is 0 Å². The average Bonchev–Trinajstić information content (AvgIpc) is 2.83. The highest BCUT2D eigenvalue weighted by Crippen LogP contribution is 2.43. The second-order valence-corrected chi connectivity index (χ2v) is 10.4. The van der Waals surface area contributed by atoms with Crippen molar-refractivity contribution in [3.05, 3.63) is 71.4 Å². The summed E-state index contributed by atoms with van der Waals surface area (Å²) >= 11 is 0. The van der Waals surface area contributed by atoms with Gasteiger partial charge in [0.15, 0.2) is 0 Å². The molecule has 0 bridgehead atoms. The Labute approximate surface area is 205 Å². The molecule has 0 heterocycles. The number of carboxylic acid groups (broad SMARTS) is 1. The number of benzene rings is 2. The van der Waals surface area contributed by atoms with Gasteiger partial charge in [-0.15, -0.1) is 0 Å². The van der Waals surface area contributed by atoms with E-state index in [0.717, 1.165) is 15.8 Å². The minimum Gasteiger partial charge on any atom is -0.481 e. The normalized spacial score (nSPS) is 20.4. The molecule has 1 fully saturated rings. The number of aliphatic carboxylic acids is 1. The van der Waals surface area contributed by atoms with E-state index < -0.39 is 62.9 Å². The lowest BCUT2D eigenvalue weighted by Gasteiger charge is -2.35. The van der Waals surface area contributed by atoms with Crippen LogP contribution in [0.15, 0.2) is 54.5 Å². The molecule has 0 aliphatic heterocycles. The van der Waals surface area contributed by atoms with Gasteiger partial charge in [-0.05, 0) is 54.7 Å². The first-order valence-electron chi connectivity index (χ1n) is 10.9. The van der Waals surface area contributed by atoms with Gasteiger partial charge in [0, 0.05) is 12.5 Å². The molecule has 0 radical (unpaired) electrons. The summed E-state index contributed by atoms with van der Waals surface area (Å²) in [7, 11) is -2.38. The molecule has 36 heavy (non-hydrogen) atoms. The van der Waals surface area contributed by atoms with Gasteiger partial charge in [-0.1, -0.05) is 25.1 Å². The van der Waals surface area contributed by atoms with Crippen molar-refractivity contribution < 1.29 is 40.7 Å². The Balaban J connectivity index is 1.84. The fourth-order valence-electron chi connectivity index (χ4n) is 4.42. The summed E-state index contributed by atoms with van der Waals surface area (Å²) in [5, 5.41) is 13.0. The van der Waals surface area contributed by atoms with E-state index in [9.17, 15) is 40.7 Å². The first-order valence-corrected chi connectivity index (χ1v) is 12.4. The smallest absolute Gasteiger partial charge is 0.416 e. The molecule has 194 valence electrons. The zero-order chi connectivity index (χ0) is 26.8. The number of carboxylic acids is 1. The zero-order valence-electron chi connectivity index (χ0n) is 19.1. The molecule has 1 saturated carbocycles. The van der Waals surface area contributed by atoms with Gasteiger partial charge in [-0.3, -0.25) is 13.9 Å². The first kappa shape index (κ1) is 27.2. The number of rotatable bonds is 7. The standard InChI is InChI=1S/C24H24F4N2O5S/c1-3-36(34,35)30(2)16-10-7-14(8-11-16)17-5-4-6-18(21(17)23(32)33)22(31)29-20-12-9-15(13-19(20)25)24(26,27)28/h3,7-13,17-18,21H,1,4-6H2,2H3,(H,29,31)(H,32,33)/t17-,18-,21-/m1/s1. The molecule has 1 amide bonds. The second-order valence-electron chi connectivity index (χ2n) is 8.46. The summed E-state index contributed by atoms with van der Waals surface area (Å²) in [6.07, 6.45) is -3.64. The lowest BCUT2D eigenvalue weighted by Crippen LogP contribution is -2.40. The molecule has 1 aliphatic rings. The first-order chi connectivity index (χ1) is 16.8. The number of alkyl halides is 3. The predicted octanol–water partition coefficient (Wildman–Crippen LogP) is 4.98. The number of nitrogens with zero attached hydrogens (tertiary/aromatic N) is 1. The van der Waals surface area contributed by atoms with Gasteiger partial charge in [-0.25, -0.2) is 12.8 Å². The van der Waals surface area contributed by atoms with Gasteiger partial charge >= 0.3 is 12.1 Å². The lowest BCUT2D eigenvalue weighted by molar-refractivity contribution is -0.148. The number of carbonyl (C=O) groups is 2. The number of nitrogens with one attached hydrogen (secondary N) is 1. The number of hydrogen-bond donors (Lipinski definition) is 2. The molecular formula is C24H24F4N2O5S. The Morgan fingerprint density at radius 2 is 1.78 bits per heavy atom. The van der Waals surface area contributed by atoms with Crippen LogP contribution in [0.4, 0.5) is 28.9 Å². The lowest BCUT2D eigenvalue weighted by atomic mass is 9.69. The maximum absolute atomic E-state index is 14.2. The van der Waals surface area contributed by atoms with Gasteiger partial charge in [0.25, 0.3) is 10.0 Å². The van der Waals surface area contributed by atoms with Crippen molar-refractivity contribution in [1.82, 2.24) is 0 Å². The van der Waals surface area contributed by atoms with Crippen LogP contribution in [0.1, 0.15) is 36.3 Å². The highest BCUT2D eigenvalue weighted by Gasteiger charge is 2.43. The zero-order valence-corrected chi connectivity index (χ0v) is 19.9. The Kier molecular flexibility index (Phi) is 7.77. The Hall–Kier alpha value is -3.41. The molecule has 2 aromatic rings. The minimum atomic E-state index is -4.76. The van der Waals surface area contributed by atoms with E-state index in [1.54, 1.807) is 12.1 Å². The maximum Gasteiger partial charge on any atom is 0.416 e. The van der Waals surface area contributed by atoms with Crippen LogP contribution in [0, 0.1) is 17.7 Å². The summed E-state index contributed by atoms with van der Waals surface area (Å²) in [4.78, 5) is 25.1. The third kappa shape index (κ3) is 5.69. The van der Waals surface area contributed by atoms with E-state index in [-0.39, 0.29) is 12.5 Å². The Morgan fingerprint density at radius 3 is 2.31 bits per heavy atom. The predicted molar refractivity (Wildman–Crippen MR) is 125 cm³/mol. The molecule has 12 heteroatoms. The van der Waals surface area contributed by atoms with Crippen LogP contribution in [0.2, 0.25) is 0 Å². The second kappa shape index (κ2) is 10.3. The van der Waals surface area contributed by atoms with Gasteiger partial charge in [-0.2, -0.15) is 13.2 Å². The summed E-state index contributed by atoms with van der Waals surface area (Å²) < 4.78 is 77.6. The highest BCUT2D eigenvalue weighted by atomic mass is 32.2. The maximum atomic E-state index is 14.2. The number of anilines is 2. The molecule has 2 N–H and O–H groups in total. The molecule has 2 aromatic carbocycles. The van der Waals surface area contributed by atoms with Gasteiger partial charge in [0.2, 0.25) is 5.91 Å². The van der Waals surface area contributed by atoms with Crippen LogP contribution in [-0.4, -0.2) is 32.4 Å². The third-order valence-corrected chi connectivity index (χ3v) is 7.75. The van der Waals surface area contributed by atoms with Crippen LogP contribution in [0.3, 0.4) is 0 Å². The van der Waals surface area contributed by atoms with Gasteiger partial charge < -0.3 is 10.4 Å². The number of amides is 1. The van der Waals surface area contributed by atoms with Crippen molar-refractivity contribution in [1.29, 1.82) is 0 Å². The SMILES string of the molecule is C=CS(=O)(=O)N(C)c1ccc([C@H]2CCC[C@@H](C(=O)Nc3ccc(C(F)(F)F)cc3F)[C@@H]2C(=O)O)cc1. The molecule has 0 unspecified atom stereocenters. The summed E-state index contributed by atoms with van der Waals surface area (Å²) in [6.45, 7) is 3.27. The van der Waals surface area contributed by atoms with E-state index in [1.165, 1.54) is 19.2 Å². The average molecular weight is 529 g/mol. The van der Waals surface area contributed by atoms with E-state index >= 15 is 0 Å². The van der Waals surface area contributed by atoms with Crippen LogP contribution >= 0.6 is 0 Å². The quantitative estimate of drug-likeness (QED) is 0.494. The van der Waals surface area contributed by atoms with Crippen molar-refractivity contribution in [2.75, 3.05) is 16.7 Å². The fraction of sp³-hybridized carbons (Fsp3) is 0.333. The van der Waals surface area contributed by atoms with E-state index in [4.69, 9.17) is 0 Å². The number of halogens is 4. The van der Waals surface area contributed by atoms with Gasteiger partial charge in [0.1, 0.15) is 5.82 Å². The molecule has 7 nitrogen and oxygen atoms in total. The van der Waals surface area contributed by atoms with E-state index in [0.29, 0.717) is 30.2 Å². The molecule has 0 aromatic heterocycles. The minimum absolute atomic E-state index is 0.194. The summed E-state index contributed by atoms with van der Waals surface area (Å²) in [5.41, 5.74) is -0.786. The Bertz CT molecular complexity index is 1260. The number of sulfonamides is 1. The Morgan fingerprint density at radius 1 is 1.14 bits per heavy atom. The topological polar surface area (TPSA) is 104 Å². The molecular weight excluding hydrogens is 504 g/mol. The number of hydrogen-bond acceptors (Lipinski definition) is 4. The molecule has 3 rings (SSSR count). The fourth-order valence-corrected chi connectivity index (χ4v) is 5.06. The van der Waals surface area contributed by atoms with Crippen molar-refractivity contribution >= 4 is 33.3 Å². The largest absolute Gasteiger partial charge is 0.481 e. The summed E-state index contributed by atoms with van der Waals surface area (Å²) in [5.74, 6) is -6.18. The van der Waals surface area contributed by atoms with Gasteiger partial charge in [0.05, 0.1) is 28.8 Å². The van der Waals surface area contributed by atoms with Crippen LogP contribution in [-0.2, 0) is 25.8 Å². The third-order valence-electron chi connectivity index (χ3n) is 6.35. The van der Waals surface area contributed by atoms with Crippen molar-refractivity contribution in [2.24, 2.45) is 11.8 Å². The molecule has 3 atom stereocenters. The van der Waals surface area contributed by atoms with Crippen molar-refractivity contribution in [2.45, 2.75) is 31.4 Å². The van der Waals surface area contributed by atoms with Crippen LogP contribution in [0.5, 0.6) is 0 Å². The summed E-state index contributed by atoms with van der Waals surface area (Å²) in [6, 6.07) is 7.87. The molecule has 0 saturated heterocycles. The molecule has 1 aliphatic carbocycles. The highest BCUT2D eigenvalue weighted by molar-refractivity contribution is 7.95. The van der Waals surface area contributed by atoms with Crippen LogP contribution in [0.25, 0.3) is 0 Å². The number of carbonyl (C=O) groups excluding carboxylic acids is 1. The molecule has 0 spiro atoms.